The Bertz CT molecular complexity index is 962. The Kier molecular flexibility index (Phi) is 7.23. The van der Waals surface area contributed by atoms with Crippen LogP contribution in [0.5, 0.6) is 0 Å². The largest absolute Gasteiger partial charge is 0.352 e. The Morgan fingerprint density at radius 1 is 0.935 bits per heavy atom. The number of rotatable bonds is 4. The van der Waals surface area contributed by atoms with Gasteiger partial charge in [0.15, 0.2) is 0 Å². The van der Waals surface area contributed by atoms with Crippen LogP contribution in [0.2, 0.25) is 0 Å². The number of urea groups is 1. The fraction of sp³-hybridized carbons (Fsp3) is 0.348. The van der Waals surface area contributed by atoms with Crippen molar-refractivity contribution in [2.24, 2.45) is 0 Å². The van der Waals surface area contributed by atoms with Crippen LogP contribution in [0, 0.1) is 12.7 Å². The summed E-state index contributed by atoms with van der Waals surface area (Å²) in [6, 6.07) is 10.4. The predicted octanol–water partition coefficient (Wildman–Crippen LogP) is 3.26. The molecule has 1 saturated heterocycles. The Hall–Kier alpha value is -3.42. The molecule has 3 rings (SSSR count). The van der Waals surface area contributed by atoms with Crippen LogP contribution in [-0.2, 0) is 0 Å². The van der Waals surface area contributed by atoms with Gasteiger partial charge in [0.05, 0.1) is 0 Å². The lowest BCUT2D eigenvalue weighted by molar-refractivity contribution is 0.0762. The number of benzene rings is 2. The maximum atomic E-state index is 13.1. The zero-order valence-corrected chi connectivity index (χ0v) is 17.8. The van der Waals surface area contributed by atoms with Crippen LogP contribution in [0.1, 0.15) is 39.6 Å². The minimum atomic E-state index is -0.387. The molecule has 0 unspecified atom stereocenters. The molecule has 31 heavy (non-hydrogen) atoms. The summed E-state index contributed by atoms with van der Waals surface area (Å²) in [4.78, 5) is 40.9. The maximum Gasteiger partial charge on any atom is 0.321 e. The molecule has 0 saturated carbocycles. The van der Waals surface area contributed by atoms with Crippen molar-refractivity contribution >= 4 is 23.5 Å². The zero-order valence-electron chi connectivity index (χ0n) is 17.8. The number of carbonyl (C=O) groups excluding carboxylic acids is 3. The van der Waals surface area contributed by atoms with Crippen LogP contribution in [-0.4, -0.2) is 60.4 Å². The van der Waals surface area contributed by atoms with Crippen LogP contribution in [0.4, 0.5) is 14.9 Å². The number of hydrogen-bond donors (Lipinski definition) is 2. The van der Waals surface area contributed by atoms with Crippen LogP contribution in [0.3, 0.4) is 0 Å². The lowest BCUT2D eigenvalue weighted by Gasteiger charge is -2.23. The molecule has 1 fully saturated rings. The molecule has 0 aliphatic carbocycles. The van der Waals surface area contributed by atoms with E-state index in [1.54, 1.807) is 28.0 Å². The van der Waals surface area contributed by atoms with Gasteiger partial charge in [-0.3, -0.25) is 9.59 Å². The number of anilines is 1. The summed E-state index contributed by atoms with van der Waals surface area (Å²) in [7, 11) is 0. The van der Waals surface area contributed by atoms with E-state index in [0.717, 1.165) is 5.56 Å². The van der Waals surface area contributed by atoms with Gasteiger partial charge in [-0.1, -0.05) is 6.07 Å². The first-order chi connectivity index (χ1) is 14.9. The van der Waals surface area contributed by atoms with Crippen molar-refractivity contribution in [3.8, 4) is 0 Å². The average molecular weight is 426 g/mol. The van der Waals surface area contributed by atoms with Crippen LogP contribution in [0.25, 0.3) is 0 Å². The van der Waals surface area contributed by atoms with Gasteiger partial charge in [-0.2, -0.15) is 0 Å². The van der Waals surface area contributed by atoms with E-state index in [4.69, 9.17) is 0 Å². The molecule has 0 atom stereocenters. The second kappa shape index (κ2) is 10.1. The van der Waals surface area contributed by atoms with Crippen LogP contribution in [0.15, 0.2) is 42.5 Å². The van der Waals surface area contributed by atoms with Gasteiger partial charge in [0.1, 0.15) is 5.82 Å². The molecule has 2 aromatic rings. The van der Waals surface area contributed by atoms with E-state index in [-0.39, 0.29) is 23.7 Å². The molecule has 1 heterocycles. The van der Waals surface area contributed by atoms with Crippen molar-refractivity contribution in [1.29, 1.82) is 0 Å². The Morgan fingerprint density at radius 2 is 1.58 bits per heavy atom. The lowest BCUT2D eigenvalue weighted by Crippen LogP contribution is -2.39. The fourth-order valence-corrected chi connectivity index (χ4v) is 3.45. The van der Waals surface area contributed by atoms with Gasteiger partial charge in [0, 0.05) is 49.5 Å². The minimum absolute atomic E-state index is 0.173. The summed E-state index contributed by atoms with van der Waals surface area (Å²) in [5.74, 6) is -0.753. The first-order valence-corrected chi connectivity index (χ1v) is 10.4. The number of amides is 4. The van der Waals surface area contributed by atoms with Crippen molar-refractivity contribution in [1.82, 2.24) is 15.1 Å². The van der Waals surface area contributed by atoms with Crippen molar-refractivity contribution in [2.75, 3.05) is 38.0 Å². The third-order valence-electron chi connectivity index (χ3n) is 5.24. The van der Waals surface area contributed by atoms with Gasteiger partial charge in [0.25, 0.3) is 11.8 Å². The summed E-state index contributed by atoms with van der Waals surface area (Å²) in [5, 5.41) is 5.63. The van der Waals surface area contributed by atoms with Crippen LogP contribution < -0.4 is 10.6 Å². The van der Waals surface area contributed by atoms with E-state index in [9.17, 15) is 18.8 Å². The van der Waals surface area contributed by atoms with E-state index >= 15 is 0 Å². The Balaban J connectivity index is 1.63. The highest BCUT2D eigenvalue weighted by Gasteiger charge is 2.23. The van der Waals surface area contributed by atoms with Gasteiger partial charge in [-0.15, -0.1) is 0 Å². The highest BCUT2D eigenvalue weighted by atomic mass is 19.1. The number of carbonyl (C=O) groups is 3. The summed E-state index contributed by atoms with van der Waals surface area (Å²) in [6.45, 7) is 6.03. The lowest BCUT2D eigenvalue weighted by atomic mass is 10.1. The average Bonchev–Trinajstić information content (AvgIpc) is 3.02. The molecule has 2 N–H and O–H groups in total. The van der Waals surface area contributed by atoms with Crippen molar-refractivity contribution < 1.29 is 18.8 Å². The predicted molar refractivity (Wildman–Crippen MR) is 117 cm³/mol. The molecule has 0 spiro atoms. The number of halogens is 1. The normalized spacial score (nSPS) is 14.0. The molecule has 0 aromatic heterocycles. The monoisotopic (exact) mass is 426 g/mol. The number of hydrogen-bond acceptors (Lipinski definition) is 3. The molecule has 4 amide bonds. The van der Waals surface area contributed by atoms with E-state index in [1.807, 2.05) is 13.8 Å². The molecular weight excluding hydrogens is 399 g/mol. The number of nitrogens with one attached hydrogen (secondary N) is 2. The molecule has 7 nitrogen and oxygen atoms in total. The van der Waals surface area contributed by atoms with E-state index in [1.165, 1.54) is 24.3 Å². The van der Waals surface area contributed by atoms with Gasteiger partial charge in [0.2, 0.25) is 0 Å². The molecule has 1 aliphatic heterocycles. The van der Waals surface area contributed by atoms with Crippen molar-refractivity contribution in [3.63, 3.8) is 0 Å². The highest BCUT2D eigenvalue weighted by Crippen LogP contribution is 2.18. The summed E-state index contributed by atoms with van der Waals surface area (Å²) < 4.78 is 13.1. The molecule has 8 heteroatoms. The molecule has 0 radical (unpaired) electrons. The van der Waals surface area contributed by atoms with E-state index < -0.39 is 0 Å². The topological polar surface area (TPSA) is 81.8 Å². The van der Waals surface area contributed by atoms with Crippen LogP contribution >= 0.6 is 0 Å². The first kappa shape index (κ1) is 22.3. The molecular formula is C23H27FN4O3. The van der Waals surface area contributed by atoms with E-state index in [0.29, 0.717) is 56.0 Å². The summed E-state index contributed by atoms with van der Waals surface area (Å²) >= 11 is 0. The summed E-state index contributed by atoms with van der Waals surface area (Å²) in [6.07, 6.45) is 0.637. The van der Waals surface area contributed by atoms with Gasteiger partial charge in [-0.05, 0) is 62.2 Å². The maximum absolute atomic E-state index is 13.1. The number of aryl methyl sites for hydroxylation is 1. The Morgan fingerprint density at radius 3 is 2.29 bits per heavy atom. The summed E-state index contributed by atoms with van der Waals surface area (Å²) in [5.41, 5.74) is 2.34. The third kappa shape index (κ3) is 5.59. The van der Waals surface area contributed by atoms with Gasteiger partial charge >= 0.3 is 6.03 Å². The van der Waals surface area contributed by atoms with Crippen molar-refractivity contribution in [2.45, 2.75) is 20.3 Å². The van der Waals surface area contributed by atoms with E-state index in [2.05, 4.69) is 10.6 Å². The smallest absolute Gasteiger partial charge is 0.321 e. The highest BCUT2D eigenvalue weighted by molar-refractivity contribution is 5.97. The van der Waals surface area contributed by atoms with Gasteiger partial charge < -0.3 is 20.4 Å². The number of nitrogens with zero attached hydrogens (tertiary/aromatic N) is 2. The second-order valence-electron chi connectivity index (χ2n) is 7.46. The van der Waals surface area contributed by atoms with Crippen molar-refractivity contribution in [3.05, 3.63) is 65.0 Å². The Labute approximate surface area is 181 Å². The zero-order chi connectivity index (χ0) is 22.4. The molecule has 2 aromatic carbocycles. The quantitative estimate of drug-likeness (QED) is 0.787. The minimum Gasteiger partial charge on any atom is -0.352 e. The van der Waals surface area contributed by atoms with Gasteiger partial charge in [-0.25, -0.2) is 9.18 Å². The standard InChI is InChI=1S/C23H27FN4O3/c1-3-25-21(29)18-6-5-16(2)20(15-18)26-23(31)28-12-4-11-27(13-14-28)22(30)17-7-9-19(24)10-8-17/h5-10,15H,3-4,11-14H2,1-2H3,(H,25,29)(H,26,31). The molecule has 0 bridgehead atoms. The first-order valence-electron chi connectivity index (χ1n) is 10.4. The molecule has 164 valence electrons. The fourth-order valence-electron chi connectivity index (χ4n) is 3.45. The SMILES string of the molecule is CCNC(=O)c1ccc(C)c(NC(=O)N2CCCN(C(=O)c3ccc(F)cc3)CC2)c1. The third-order valence-corrected chi connectivity index (χ3v) is 5.24. The molecule has 1 aliphatic rings. The second-order valence-corrected chi connectivity index (χ2v) is 7.46.